The first-order chi connectivity index (χ1) is 8.53. The highest BCUT2D eigenvalue weighted by Crippen LogP contribution is 2.45. The minimum atomic E-state index is 0.485. The SMILES string of the molecule is CCNC(Cc1nc(C)cs1)C1CCCC1(C)C. The van der Waals surface area contributed by atoms with Crippen molar-refractivity contribution in [2.45, 2.75) is 59.4 Å². The molecule has 0 saturated heterocycles. The standard InChI is InChI=1S/C15H26N2S/c1-5-16-13(9-14-17-11(2)10-18-14)12-7-6-8-15(12,3)4/h10,12-13,16H,5-9H2,1-4H3. The third kappa shape index (κ3) is 3.12. The van der Waals surface area contributed by atoms with E-state index in [2.05, 4.69) is 43.4 Å². The van der Waals surface area contributed by atoms with Crippen LogP contribution in [0.25, 0.3) is 0 Å². The normalized spacial score (nSPS) is 24.3. The summed E-state index contributed by atoms with van der Waals surface area (Å²) in [5, 5.41) is 7.16. The third-order valence-electron chi connectivity index (χ3n) is 4.35. The monoisotopic (exact) mass is 266 g/mol. The van der Waals surface area contributed by atoms with Crippen LogP contribution in [0.15, 0.2) is 5.38 Å². The molecule has 1 aliphatic carbocycles. The quantitative estimate of drug-likeness (QED) is 0.877. The Morgan fingerprint density at radius 2 is 2.33 bits per heavy atom. The predicted octanol–water partition coefficient (Wildman–Crippen LogP) is 3.80. The zero-order chi connectivity index (χ0) is 13.2. The number of rotatable bonds is 5. The maximum absolute atomic E-state index is 4.63. The fourth-order valence-electron chi connectivity index (χ4n) is 3.40. The Morgan fingerprint density at radius 3 is 2.83 bits per heavy atom. The first kappa shape index (κ1) is 14.0. The maximum Gasteiger partial charge on any atom is 0.0943 e. The molecule has 0 radical (unpaired) electrons. The molecule has 3 heteroatoms. The summed E-state index contributed by atoms with van der Waals surface area (Å²) in [4.78, 5) is 4.63. The molecule has 1 saturated carbocycles. The van der Waals surface area contributed by atoms with Crippen LogP contribution in [0.5, 0.6) is 0 Å². The van der Waals surface area contributed by atoms with E-state index in [9.17, 15) is 0 Å². The molecule has 0 spiro atoms. The van der Waals surface area contributed by atoms with Crippen molar-refractivity contribution >= 4 is 11.3 Å². The van der Waals surface area contributed by atoms with E-state index in [-0.39, 0.29) is 0 Å². The van der Waals surface area contributed by atoms with Crippen molar-refractivity contribution in [1.29, 1.82) is 0 Å². The minimum absolute atomic E-state index is 0.485. The van der Waals surface area contributed by atoms with Gasteiger partial charge in [0.2, 0.25) is 0 Å². The largest absolute Gasteiger partial charge is 0.314 e. The highest BCUT2D eigenvalue weighted by Gasteiger charge is 2.39. The number of nitrogens with zero attached hydrogens (tertiary/aromatic N) is 1. The molecule has 0 amide bonds. The van der Waals surface area contributed by atoms with Crippen molar-refractivity contribution in [1.82, 2.24) is 10.3 Å². The van der Waals surface area contributed by atoms with Crippen molar-refractivity contribution in [2.24, 2.45) is 11.3 Å². The van der Waals surface area contributed by atoms with Gasteiger partial charge in [-0.3, -0.25) is 0 Å². The average molecular weight is 266 g/mol. The number of hydrogen-bond donors (Lipinski definition) is 1. The number of thiazole rings is 1. The smallest absolute Gasteiger partial charge is 0.0943 e. The van der Waals surface area contributed by atoms with E-state index < -0.39 is 0 Å². The van der Waals surface area contributed by atoms with Crippen LogP contribution in [0.4, 0.5) is 0 Å². The van der Waals surface area contributed by atoms with E-state index in [0.29, 0.717) is 11.5 Å². The van der Waals surface area contributed by atoms with E-state index >= 15 is 0 Å². The molecular weight excluding hydrogens is 240 g/mol. The van der Waals surface area contributed by atoms with E-state index in [1.165, 1.54) is 24.3 Å². The molecule has 1 aromatic rings. The Bertz CT molecular complexity index is 384. The molecule has 1 aliphatic rings. The summed E-state index contributed by atoms with van der Waals surface area (Å²) in [7, 11) is 0. The van der Waals surface area contributed by atoms with Crippen molar-refractivity contribution < 1.29 is 0 Å². The van der Waals surface area contributed by atoms with E-state index in [1.807, 2.05) is 11.3 Å². The molecule has 1 aromatic heterocycles. The molecule has 102 valence electrons. The number of nitrogens with one attached hydrogen (secondary N) is 1. The topological polar surface area (TPSA) is 24.9 Å². The number of hydrogen-bond acceptors (Lipinski definition) is 3. The van der Waals surface area contributed by atoms with Crippen LogP contribution in [0, 0.1) is 18.3 Å². The van der Waals surface area contributed by atoms with Gasteiger partial charge in [-0.15, -0.1) is 11.3 Å². The summed E-state index contributed by atoms with van der Waals surface area (Å²) >= 11 is 1.81. The molecule has 2 nitrogen and oxygen atoms in total. The molecule has 0 bridgehead atoms. The maximum atomic E-state index is 4.63. The van der Waals surface area contributed by atoms with Gasteiger partial charge >= 0.3 is 0 Å². The van der Waals surface area contributed by atoms with Crippen molar-refractivity contribution in [3.63, 3.8) is 0 Å². The second kappa shape index (κ2) is 5.70. The third-order valence-corrected chi connectivity index (χ3v) is 5.34. The average Bonchev–Trinajstić information content (AvgIpc) is 2.84. The van der Waals surface area contributed by atoms with Gasteiger partial charge in [-0.25, -0.2) is 4.98 Å². The zero-order valence-corrected chi connectivity index (χ0v) is 12.9. The second-order valence-corrected chi connectivity index (χ2v) is 7.18. The van der Waals surface area contributed by atoms with Gasteiger partial charge in [-0.1, -0.05) is 27.2 Å². The Kier molecular flexibility index (Phi) is 4.44. The molecule has 1 fully saturated rings. The predicted molar refractivity (Wildman–Crippen MR) is 79.1 cm³/mol. The van der Waals surface area contributed by atoms with Crippen LogP contribution in [-0.2, 0) is 6.42 Å². The second-order valence-electron chi connectivity index (χ2n) is 6.24. The first-order valence-corrected chi connectivity index (χ1v) is 8.05. The lowest BCUT2D eigenvalue weighted by molar-refractivity contribution is 0.197. The van der Waals surface area contributed by atoms with Gasteiger partial charge < -0.3 is 5.32 Å². The highest BCUT2D eigenvalue weighted by molar-refractivity contribution is 7.09. The summed E-state index contributed by atoms with van der Waals surface area (Å²) in [6, 6.07) is 0.595. The van der Waals surface area contributed by atoms with E-state index in [4.69, 9.17) is 0 Å². The Labute approximate surface area is 115 Å². The Hall–Kier alpha value is -0.410. The highest BCUT2D eigenvalue weighted by atomic mass is 32.1. The van der Waals surface area contributed by atoms with E-state index in [1.54, 1.807) is 0 Å². The van der Waals surface area contributed by atoms with Gasteiger partial charge in [0.15, 0.2) is 0 Å². The number of likely N-dealkylation sites (N-methyl/N-ethyl adjacent to an activating group) is 1. The molecule has 2 rings (SSSR count). The van der Waals surface area contributed by atoms with Gasteiger partial charge in [-0.2, -0.15) is 0 Å². The molecule has 2 unspecified atom stereocenters. The Morgan fingerprint density at radius 1 is 1.56 bits per heavy atom. The van der Waals surface area contributed by atoms with Crippen LogP contribution in [0.2, 0.25) is 0 Å². The summed E-state index contributed by atoms with van der Waals surface area (Å²) in [5.41, 5.74) is 1.65. The van der Waals surface area contributed by atoms with Crippen molar-refractivity contribution in [3.8, 4) is 0 Å². The molecular formula is C15H26N2S. The summed E-state index contributed by atoms with van der Waals surface area (Å²) < 4.78 is 0. The van der Waals surface area contributed by atoms with Crippen LogP contribution >= 0.6 is 11.3 Å². The molecule has 2 atom stereocenters. The van der Waals surface area contributed by atoms with Crippen LogP contribution in [0.3, 0.4) is 0 Å². The van der Waals surface area contributed by atoms with Gasteiger partial charge in [0.05, 0.1) is 5.01 Å². The summed E-state index contributed by atoms with van der Waals surface area (Å²) in [6.45, 7) is 10.2. The van der Waals surface area contributed by atoms with E-state index in [0.717, 1.165) is 24.6 Å². The number of aryl methyl sites for hydroxylation is 1. The lowest BCUT2D eigenvalue weighted by Crippen LogP contribution is -2.42. The van der Waals surface area contributed by atoms with Crippen LogP contribution in [0.1, 0.15) is 50.7 Å². The van der Waals surface area contributed by atoms with Crippen LogP contribution in [-0.4, -0.2) is 17.6 Å². The molecule has 18 heavy (non-hydrogen) atoms. The lowest BCUT2D eigenvalue weighted by Gasteiger charge is -2.34. The Balaban J connectivity index is 2.08. The summed E-state index contributed by atoms with van der Waals surface area (Å²) in [6.07, 6.45) is 5.22. The molecule has 1 heterocycles. The molecule has 1 N–H and O–H groups in total. The first-order valence-electron chi connectivity index (χ1n) is 7.17. The minimum Gasteiger partial charge on any atom is -0.314 e. The van der Waals surface area contributed by atoms with Gasteiger partial charge in [0.1, 0.15) is 0 Å². The van der Waals surface area contributed by atoms with Gasteiger partial charge in [0, 0.05) is 23.5 Å². The van der Waals surface area contributed by atoms with Gasteiger partial charge in [-0.05, 0) is 37.6 Å². The lowest BCUT2D eigenvalue weighted by atomic mass is 9.76. The zero-order valence-electron chi connectivity index (χ0n) is 12.1. The fraction of sp³-hybridized carbons (Fsp3) is 0.800. The summed E-state index contributed by atoms with van der Waals surface area (Å²) in [5.74, 6) is 0.793. The van der Waals surface area contributed by atoms with Crippen LogP contribution < -0.4 is 5.32 Å². The number of aromatic nitrogens is 1. The molecule has 0 aliphatic heterocycles. The van der Waals surface area contributed by atoms with Crippen molar-refractivity contribution in [2.75, 3.05) is 6.54 Å². The van der Waals surface area contributed by atoms with Gasteiger partial charge in [0.25, 0.3) is 0 Å². The van der Waals surface area contributed by atoms with Crippen molar-refractivity contribution in [3.05, 3.63) is 16.1 Å². The molecule has 0 aromatic carbocycles. The fourth-order valence-corrected chi connectivity index (χ4v) is 4.23.